The second kappa shape index (κ2) is 9.15. The molecule has 2 aromatic carbocycles. The molecule has 24 heavy (non-hydrogen) atoms. The van der Waals surface area contributed by atoms with Crippen molar-refractivity contribution in [1.82, 2.24) is 5.43 Å². The predicted octanol–water partition coefficient (Wildman–Crippen LogP) is 3.41. The Morgan fingerprint density at radius 1 is 1.08 bits per heavy atom. The first-order valence-electron chi connectivity index (χ1n) is 7.63. The lowest BCUT2D eigenvalue weighted by Crippen LogP contribution is -2.17. The summed E-state index contributed by atoms with van der Waals surface area (Å²) in [6, 6.07) is 14.3. The summed E-state index contributed by atoms with van der Waals surface area (Å²) >= 11 is 0. The van der Waals surface area contributed by atoms with Crippen LogP contribution in [0.25, 0.3) is 0 Å². The van der Waals surface area contributed by atoms with Crippen molar-refractivity contribution >= 4 is 12.1 Å². The normalized spacial score (nSPS) is 10.4. The summed E-state index contributed by atoms with van der Waals surface area (Å²) in [5, 5.41) is 3.96. The molecular weight excluding hydrogens is 304 g/mol. The number of rotatable bonds is 8. The fourth-order valence-corrected chi connectivity index (χ4v) is 1.90. The van der Waals surface area contributed by atoms with Crippen molar-refractivity contribution in [3.63, 3.8) is 0 Å². The summed E-state index contributed by atoms with van der Waals surface area (Å²) in [5.41, 5.74) is 3.86. The van der Waals surface area contributed by atoms with Gasteiger partial charge in [-0.05, 0) is 61.0 Å². The van der Waals surface area contributed by atoms with Crippen molar-refractivity contribution in [1.29, 1.82) is 0 Å². The molecule has 5 nitrogen and oxygen atoms in total. The molecule has 0 radical (unpaired) electrons. The molecule has 0 aliphatic heterocycles. The van der Waals surface area contributed by atoms with E-state index in [2.05, 4.69) is 17.1 Å². The molecule has 0 bridgehead atoms. The van der Waals surface area contributed by atoms with Crippen LogP contribution in [0.5, 0.6) is 11.5 Å². The summed E-state index contributed by atoms with van der Waals surface area (Å²) in [6.45, 7) is 6.57. The molecule has 0 aromatic heterocycles. The number of amides is 1. The van der Waals surface area contributed by atoms with Gasteiger partial charge in [0, 0.05) is 5.56 Å². The standard InChI is InChI=1S/C19H20N2O3/c1-3-13-24-18-11-7-16(8-12-18)19(22)21-20-14-15-5-9-17(10-6-15)23-4-2/h3,5-12,14H,1,4,13H2,2H3,(H,21,22)/b20-14+. The number of hydrazone groups is 1. The highest BCUT2D eigenvalue weighted by atomic mass is 16.5. The molecule has 0 saturated heterocycles. The van der Waals surface area contributed by atoms with E-state index in [1.54, 1.807) is 36.6 Å². The van der Waals surface area contributed by atoms with Gasteiger partial charge in [-0.15, -0.1) is 0 Å². The van der Waals surface area contributed by atoms with E-state index in [1.807, 2.05) is 31.2 Å². The first kappa shape index (κ1) is 17.3. The van der Waals surface area contributed by atoms with Crippen LogP contribution in [0.1, 0.15) is 22.8 Å². The Morgan fingerprint density at radius 2 is 1.71 bits per heavy atom. The lowest BCUT2D eigenvalue weighted by molar-refractivity contribution is 0.0955. The maximum Gasteiger partial charge on any atom is 0.271 e. The molecule has 0 fully saturated rings. The van der Waals surface area contributed by atoms with Gasteiger partial charge >= 0.3 is 0 Å². The molecule has 0 atom stereocenters. The van der Waals surface area contributed by atoms with Crippen LogP contribution in [0.3, 0.4) is 0 Å². The average Bonchev–Trinajstić information content (AvgIpc) is 2.62. The highest BCUT2D eigenvalue weighted by Gasteiger charge is 2.04. The Bertz CT molecular complexity index is 692. The maximum atomic E-state index is 12.0. The van der Waals surface area contributed by atoms with Gasteiger partial charge in [-0.1, -0.05) is 12.7 Å². The van der Waals surface area contributed by atoms with Gasteiger partial charge in [-0.2, -0.15) is 5.10 Å². The van der Waals surface area contributed by atoms with Crippen LogP contribution >= 0.6 is 0 Å². The van der Waals surface area contributed by atoms with E-state index >= 15 is 0 Å². The van der Waals surface area contributed by atoms with Crippen LogP contribution in [0.2, 0.25) is 0 Å². The second-order valence-electron chi connectivity index (χ2n) is 4.83. The van der Waals surface area contributed by atoms with E-state index in [0.29, 0.717) is 24.5 Å². The summed E-state index contributed by atoms with van der Waals surface area (Å²) in [7, 11) is 0. The van der Waals surface area contributed by atoms with Crippen molar-refractivity contribution in [2.75, 3.05) is 13.2 Å². The summed E-state index contributed by atoms with van der Waals surface area (Å²) in [5.74, 6) is 1.20. The number of hydrogen-bond acceptors (Lipinski definition) is 4. The minimum atomic E-state index is -0.285. The van der Waals surface area contributed by atoms with Crippen LogP contribution in [0, 0.1) is 0 Å². The van der Waals surface area contributed by atoms with Gasteiger partial charge in [0.05, 0.1) is 12.8 Å². The Kier molecular flexibility index (Phi) is 6.58. The molecule has 0 saturated carbocycles. The Hall–Kier alpha value is -3.08. The minimum Gasteiger partial charge on any atom is -0.494 e. The first-order valence-corrected chi connectivity index (χ1v) is 7.63. The Balaban J connectivity index is 1.88. The average molecular weight is 324 g/mol. The largest absolute Gasteiger partial charge is 0.494 e. The molecule has 5 heteroatoms. The lowest BCUT2D eigenvalue weighted by atomic mass is 10.2. The fraction of sp³-hybridized carbons (Fsp3) is 0.158. The fourth-order valence-electron chi connectivity index (χ4n) is 1.90. The van der Waals surface area contributed by atoms with Crippen LogP contribution in [-0.2, 0) is 0 Å². The topological polar surface area (TPSA) is 59.9 Å². The second-order valence-corrected chi connectivity index (χ2v) is 4.83. The number of nitrogens with zero attached hydrogens (tertiary/aromatic N) is 1. The molecule has 1 amide bonds. The number of hydrogen-bond donors (Lipinski definition) is 1. The quantitative estimate of drug-likeness (QED) is 0.460. The highest BCUT2D eigenvalue weighted by molar-refractivity contribution is 5.95. The molecular formula is C19H20N2O3. The van der Waals surface area contributed by atoms with Gasteiger partial charge in [0.1, 0.15) is 18.1 Å². The molecule has 124 valence electrons. The van der Waals surface area contributed by atoms with E-state index < -0.39 is 0 Å². The van der Waals surface area contributed by atoms with Gasteiger partial charge in [0.2, 0.25) is 0 Å². The third-order valence-corrected chi connectivity index (χ3v) is 3.06. The predicted molar refractivity (Wildman–Crippen MR) is 94.8 cm³/mol. The summed E-state index contributed by atoms with van der Waals surface area (Å²) < 4.78 is 10.7. The zero-order valence-corrected chi connectivity index (χ0v) is 13.6. The lowest BCUT2D eigenvalue weighted by Gasteiger charge is -2.04. The molecule has 0 aliphatic carbocycles. The number of ether oxygens (including phenoxy) is 2. The van der Waals surface area contributed by atoms with Gasteiger partial charge in [0.15, 0.2) is 0 Å². The van der Waals surface area contributed by atoms with E-state index in [-0.39, 0.29) is 5.91 Å². The molecule has 0 spiro atoms. The van der Waals surface area contributed by atoms with Crippen LogP contribution in [0.15, 0.2) is 66.3 Å². The molecule has 0 heterocycles. The van der Waals surface area contributed by atoms with Gasteiger partial charge in [-0.25, -0.2) is 5.43 Å². The molecule has 0 unspecified atom stereocenters. The molecule has 0 aliphatic rings. The maximum absolute atomic E-state index is 12.0. The smallest absolute Gasteiger partial charge is 0.271 e. The van der Waals surface area contributed by atoms with Gasteiger partial charge in [0.25, 0.3) is 5.91 Å². The van der Waals surface area contributed by atoms with Crippen molar-refractivity contribution in [3.05, 3.63) is 72.3 Å². The van der Waals surface area contributed by atoms with Crippen molar-refractivity contribution < 1.29 is 14.3 Å². The zero-order valence-electron chi connectivity index (χ0n) is 13.6. The van der Waals surface area contributed by atoms with E-state index in [4.69, 9.17) is 9.47 Å². The number of nitrogens with one attached hydrogen (secondary N) is 1. The number of carbonyl (C=O) groups is 1. The zero-order chi connectivity index (χ0) is 17.2. The van der Waals surface area contributed by atoms with Crippen molar-refractivity contribution in [2.24, 2.45) is 5.10 Å². The van der Waals surface area contributed by atoms with Crippen LogP contribution < -0.4 is 14.9 Å². The van der Waals surface area contributed by atoms with E-state index in [9.17, 15) is 4.79 Å². The molecule has 2 rings (SSSR count). The van der Waals surface area contributed by atoms with Crippen LogP contribution in [-0.4, -0.2) is 25.3 Å². The van der Waals surface area contributed by atoms with Crippen molar-refractivity contribution in [3.8, 4) is 11.5 Å². The number of benzene rings is 2. The number of carbonyl (C=O) groups excluding carboxylic acids is 1. The van der Waals surface area contributed by atoms with Crippen LogP contribution in [0.4, 0.5) is 0 Å². The molecule has 1 N–H and O–H groups in total. The van der Waals surface area contributed by atoms with Crippen molar-refractivity contribution in [2.45, 2.75) is 6.92 Å². The Morgan fingerprint density at radius 3 is 2.33 bits per heavy atom. The SMILES string of the molecule is C=CCOc1ccc(C(=O)N/N=C/c2ccc(OCC)cc2)cc1. The highest BCUT2D eigenvalue weighted by Crippen LogP contribution is 2.12. The monoisotopic (exact) mass is 324 g/mol. The Labute approximate surface area is 141 Å². The van der Waals surface area contributed by atoms with Gasteiger partial charge in [-0.3, -0.25) is 4.79 Å². The molecule has 2 aromatic rings. The third kappa shape index (κ3) is 5.28. The summed E-state index contributed by atoms with van der Waals surface area (Å²) in [6.07, 6.45) is 3.24. The summed E-state index contributed by atoms with van der Waals surface area (Å²) in [4.78, 5) is 12.0. The van der Waals surface area contributed by atoms with E-state index in [0.717, 1.165) is 11.3 Å². The minimum absolute atomic E-state index is 0.285. The third-order valence-electron chi connectivity index (χ3n) is 3.06. The van der Waals surface area contributed by atoms with Gasteiger partial charge < -0.3 is 9.47 Å². The van der Waals surface area contributed by atoms with E-state index in [1.165, 1.54) is 0 Å². The first-order chi connectivity index (χ1) is 11.7.